The Morgan fingerprint density at radius 1 is 1.05 bits per heavy atom. The number of nitrogens with one attached hydrogen (secondary N) is 1. The molecule has 0 aliphatic rings. The molecule has 0 aromatic heterocycles. The van der Waals surface area contributed by atoms with E-state index in [1.165, 1.54) is 0 Å². The summed E-state index contributed by atoms with van der Waals surface area (Å²) in [7, 11) is 0. The number of benzene rings is 2. The van der Waals surface area contributed by atoms with Crippen LogP contribution in [0.4, 0.5) is 5.69 Å². The molecule has 0 spiro atoms. The average Bonchev–Trinajstić information content (AvgIpc) is 2.38. The van der Waals surface area contributed by atoms with Crippen molar-refractivity contribution in [1.29, 1.82) is 0 Å². The SMILES string of the molecule is OC(CNc1c(Br)cc(Br)cc1Br)c1ccc(Cl)cc1. The maximum Gasteiger partial charge on any atom is 0.0962 e. The fourth-order valence-corrected chi connectivity index (χ4v) is 4.38. The Morgan fingerprint density at radius 3 is 2.15 bits per heavy atom. The molecule has 0 fully saturated rings. The van der Waals surface area contributed by atoms with Gasteiger partial charge in [-0.2, -0.15) is 0 Å². The maximum absolute atomic E-state index is 10.2. The molecule has 6 heteroatoms. The van der Waals surface area contributed by atoms with E-state index in [0.717, 1.165) is 24.7 Å². The van der Waals surface area contributed by atoms with Crippen LogP contribution >= 0.6 is 59.4 Å². The minimum atomic E-state index is -0.602. The van der Waals surface area contributed by atoms with Gasteiger partial charge in [0.25, 0.3) is 0 Å². The zero-order valence-electron chi connectivity index (χ0n) is 10.2. The number of aliphatic hydroxyl groups excluding tert-OH is 1. The van der Waals surface area contributed by atoms with Gasteiger partial charge in [-0.25, -0.2) is 0 Å². The minimum absolute atomic E-state index is 0.403. The largest absolute Gasteiger partial charge is 0.387 e. The average molecular weight is 484 g/mol. The standard InChI is InChI=1S/C14H11Br3ClNO/c15-9-5-11(16)14(12(17)6-9)19-7-13(20)8-1-3-10(18)4-2-8/h1-6,13,19-20H,7H2. The molecule has 0 aliphatic carbocycles. The van der Waals surface area contributed by atoms with Crippen molar-refractivity contribution >= 4 is 65.1 Å². The first-order valence-corrected chi connectivity index (χ1v) is 8.55. The van der Waals surface area contributed by atoms with E-state index < -0.39 is 6.10 Å². The van der Waals surface area contributed by atoms with Crippen LogP contribution in [0.25, 0.3) is 0 Å². The highest BCUT2D eigenvalue weighted by Crippen LogP contribution is 2.34. The van der Waals surface area contributed by atoms with E-state index in [9.17, 15) is 5.11 Å². The second-order valence-electron chi connectivity index (χ2n) is 4.19. The Morgan fingerprint density at radius 2 is 1.60 bits per heavy atom. The zero-order chi connectivity index (χ0) is 14.7. The summed E-state index contributed by atoms with van der Waals surface area (Å²) >= 11 is 16.2. The van der Waals surface area contributed by atoms with Crippen molar-refractivity contribution in [3.05, 3.63) is 60.4 Å². The normalized spacial score (nSPS) is 12.2. The third-order valence-electron chi connectivity index (χ3n) is 2.73. The van der Waals surface area contributed by atoms with Crippen LogP contribution in [-0.2, 0) is 0 Å². The molecule has 0 saturated carbocycles. The van der Waals surface area contributed by atoms with Crippen molar-refractivity contribution in [3.8, 4) is 0 Å². The number of hydrogen-bond donors (Lipinski definition) is 2. The van der Waals surface area contributed by atoms with Crippen molar-refractivity contribution in [3.63, 3.8) is 0 Å². The summed E-state index contributed by atoms with van der Waals surface area (Å²) in [6.07, 6.45) is -0.602. The van der Waals surface area contributed by atoms with Gasteiger partial charge >= 0.3 is 0 Å². The molecule has 2 N–H and O–H groups in total. The molecule has 0 aliphatic heterocycles. The Bertz CT molecular complexity index is 581. The van der Waals surface area contributed by atoms with Gasteiger partial charge < -0.3 is 10.4 Å². The van der Waals surface area contributed by atoms with Crippen LogP contribution < -0.4 is 5.32 Å². The third-order valence-corrected chi connectivity index (χ3v) is 4.69. The van der Waals surface area contributed by atoms with Gasteiger partial charge in [0.2, 0.25) is 0 Å². The summed E-state index contributed by atoms with van der Waals surface area (Å²) in [5.41, 5.74) is 1.73. The first-order chi connectivity index (χ1) is 9.47. The highest BCUT2D eigenvalue weighted by atomic mass is 79.9. The van der Waals surface area contributed by atoms with Crippen LogP contribution in [-0.4, -0.2) is 11.7 Å². The lowest BCUT2D eigenvalue weighted by atomic mass is 10.1. The lowest BCUT2D eigenvalue weighted by Gasteiger charge is -2.16. The van der Waals surface area contributed by atoms with E-state index in [2.05, 4.69) is 53.1 Å². The van der Waals surface area contributed by atoms with Crippen molar-refractivity contribution in [2.45, 2.75) is 6.10 Å². The van der Waals surface area contributed by atoms with E-state index in [0.29, 0.717) is 11.6 Å². The number of rotatable bonds is 4. The molecule has 0 saturated heterocycles. The lowest BCUT2D eigenvalue weighted by Crippen LogP contribution is -2.12. The van der Waals surface area contributed by atoms with Crippen molar-refractivity contribution < 1.29 is 5.11 Å². The van der Waals surface area contributed by atoms with Crippen LogP contribution in [0.2, 0.25) is 5.02 Å². The fourth-order valence-electron chi connectivity index (χ4n) is 1.71. The van der Waals surface area contributed by atoms with Gasteiger partial charge in [-0.15, -0.1) is 0 Å². The fraction of sp³-hybridized carbons (Fsp3) is 0.143. The Kier molecular flexibility index (Phi) is 5.93. The topological polar surface area (TPSA) is 32.3 Å². The monoisotopic (exact) mass is 481 g/mol. The number of anilines is 1. The summed E-state index contributed by atoms with van der Waals surface area (Å²) in [4.78, 5) is 0. The van der Waals surface area contributed by atoms with Gasteiger partial charge in [0.15, 0.2) is 0 Å². The molecule has 0 bridgehead atoms. The van der Waals surface area contributed by atoms with Gasteiger partial charge in [-0.05, 0) is 61.7 Å². The lowest BCUT2D eigenvalue weighted by molar-refractivity contribution is 0.191. The summed E-state index contributed by atoms with van der Waals surface area (Å²) in [5, 5.41) is 14.0. The minimum Gasteiger partial charge on any atom is -0.387 e. The summed E-state index contributed by atoms with van der Waals surface area (Å²) in [6.45, 7) is 0.403. The molecular weight excluding hydrogens is 473 g/mol. The van der Waals surface area contributed by atoms with Gasteiger partial charge in [-0.3, -0.25) is 0 Å². The molecule has 2 aromatic rings. The van der Waals surface area contributed by atoms with Crippen molar-refractivity contribution in [2.75, 3.05) is 11.9 Å². The highest BCUT2D eigenvalue weighted by Gasteiger charge is 2.11. The molecule has 0 radical (unpaired) electrons. The van der Waals surface area contributed by atoms with E-state index in [4.69, 9.17) is 11.6 Å². The number of aliphatic hydroxyl groups is 1. The molecule has 0 amide bonds. The summed E-state index contributed by atoms with van der Waals surface area (Å²) < 4.78 is 2.81. The number of hydrogen-bond acceptors (Lipinski definition) is 2. The molecule has 106 valence electrons. The van der Waals surface area contributed by atoms with Gasteiger partial charge in [0.1, 0.15) is 0 Å². The van der Waals surface area contributed by atoms with E-state index in [1.54, 1.807) is 12.1 Å². The molecule has 0 heterocycles. The number of halogens is 4. The van der Waals surface area contributed by atoms with Crippen LogP contribution in [0.1, 0.15) is 11.7 Å². The van der Waals surface area contributed by atoms with E-state index in [-0.39, 0.29) is 0 Å². The van der Waals surface area contributed by atoms with Gasteiger partial charge in [0, 0.05) is 25.0 Å². The molecule has 20 heavy (non-hydrogen) atoms. The molecule has 2 rings (SSSR count). The Labute approximate surface area is 147 Å². The molecule has 1 atom stereocenters. The smallest absolute Gasteiger partial charge is 0.0962 e. The van der Waals surface area contributed by atoms with Crippen molar-refractivity contribution in [1.82, 2.24) is 0 Å². The Balaban J connectivity index is 2.07. The van der Waals surface area contributed by atoms with E-state index in [1.807, 2.05) is 24.3 Å². The quantitative estimate of drug-likeness (QED) is 0.578. The van der Waals surface area contributed by atoms with Gasteiger partial charge in [0.05, 0.1) is 11.8 Å². The molecule has 2 aromatic carbocycles. The highest BCUT2D eigenvalue weighted by molar-refractivity contribution is 9.11. The van der Waals surface area contributed by atoms with Crippen LogP contribution in [0.3, 0.4) is 0 Å². The van der Waals surface area contributed by atoms with Gasteiger partial charge in [-0.1, -0.05) is 39.7 Å². The predicted molar refractivity (Wildman–Crippen MR) is 94.4 cm³/mol. The van der Waals surface area contributed by atoms with Crippen LogP contribution in [0, 0.1) is 0 Å². The summed E-state index contributed by atoms with van der Waals surface area (Å²) in [5.74, 6) is 0. The Hall–Kier alpha value is -0.0700. The molecular formula is C14H11Br3ClNO. The van der Waals surface area contributed by atoms with E-state index >= 15 is 0 Å². The zero-order valence-corrected chi connectivity index (χ0v) is 15.7. The maximum atomic E-state index is 10.2. The third kappa shape index (κ3) is 4.21. The van der Waals surface area contributed by atoms with Crippen LogP contribution in [0.15, 0.2) is 49.8 Å². The molecule has 2 nitrogen and oxygen atoms in total. The first kappa shape index (κ1) is 16.3. The molecule has 1 unspecified atom stereocenters. The second kappa shape index (κ2) is 7.27. The van der Waals surface area contributed by atoms with Crippen molar-refractivity contribution in [2.24, 2.45) is 0 Å². The van der Waals surface area contributed by atoms with Crippen LogP contribution in [0.5, 0.6) is 0 Å². The second-order valence-corrected chi connectivity index (χ2v) is 7.25. The first-order valence-electron chi connectivity index (χ1n) is 5.79. The predicted octanol–water partition coefficient (Wildman–Crippen LogP) is 5.77. The summed E-state index contributed by atoms with van der Waals surface area (Å²) in [6, 6.07) is 11.1.